The summed E-state index contributed by atoms with van der Waals surface area (Å²) >= 11 is 0. The lowest BCUT2D eigenvalue weighted by Crippen LogP contribution is -2.37. The molecule has 2 heteroatoms. The molecule has 0 aliphatic carbocycles. The van der Waals surface area contributed by atoms with Gasteiger partial charge in [-0.3, -0.25) is 0 Å². The number of aryl methyl sites for hydroxylation is 2. The summed E-state index contributed by atoms with van der Waals surface area (Å²) in [5, 5.41) is 0. The quantitative estimate of drug-likeness (QED) is 0.0467. The van der Waals surface area contributed by atoms with E-state index in [0.29, 0.717) is 0 Å². The Morgan fingerprint density at radius 2 is 0.596 bits per heavy atom. The minimum Gasteiger partial charge on any atom is -0.234 e. The molecular weight excluding hydrogens is 629 g/mol. The van der Waals surface area contributed by atoms with E-state index in [4.69, 9.17) is 0 Å². The molecule has 1 heterocycles. The first-order chi connectivity index (χ1) is 25.8. The number of hydrogen-bond donors (Lipinski definition) is 0. The van der Waals surface area contributed by atoms with Crippen molar-refractivity contribution < 1.29 is 4.57 Å². The fourth-order valence-electron chi connectivity index (χ4n) is 8.45. The van der Waals surface area contributed by atoms with Gasteiger partial charge in [-0.25, -0.2) is 9.13 Å². The van der Waals surface area contributed by atoms with Gasteiger partial charge in [0.2, 0.25) is 0 Å². The predicted octanol–water partition coefficient (Wildman–Crippen LogP) is 17.4. The molecule has 0 atom stereocenters. The van der Waals surface area contributed by atoms with E-state index < -0.39 is 0 Å². The molecule has 0 saturated heterocycles. The van der Waals surface area contributed by atoms with E-state index in [1.54, 1.807) is 5.82 Å². The van der Waals surface area contributed by atoms with Crippen molar-refractivity contribution in [2.75, 3.05) is 0 Å². The molecule has 0 spiro atoms. The maximum atomic E-state index is 2.66. The van der Waals surface area contributed by atoms with Gasteiger partial charge in [0.15, 0.2) is 0 Å². The summed E-state index contributed by atoms with van der Waals surface area (Å²) in [7, 11) is 0. The van der Waals surface area contributed by atoms with Crippen LogP contribution in [0, 0.1) is 0 Å². The monoisotopic (exact) mass is 728 g/mol. The highest BCUT2D eigenvalue weighted by Crippen LogP contribution is 2.17. The van der Waals surface area contributed by atoms with Crippen LogP contribution in [0.1, 0.15) is 290 Å². The lowest BCUT2D eigenvalue weighted by Gasteiger charge is -2.07. The highest BCUT2D eigenvalue weighted by atomic mass is 15.1. The van der Waals surface area contributed by atoms with Gasteiger partial charge in [-0.1, -0.05) is 252 Å². The van der Waals surface area contributed by atoms with E-state index in [1.807, 2.05) is 0 Å². The Morgan fingerprint density at radius 3 is 0.923 bits per heavy atom. The van der Waals surface area contributed by atoms with E-state index in [2.05, 4.69) is 42.3 Å². The zero-order valence-corrected chi connectivity index (χ0v) is 36.7. The summed E-state index contributed by atoms with van der Waals surface area (Å²) < 4.78 is 5.31. The van der Waals surface area contributed by atoms with Crippen molar-refractivity contribution in [3.8, 4) is 0 Å². The fourth-order valence-corrected chi connectivity index (χ4v) is 8.45. The van der Waals surface area contributed by atoms with Crippen molar-refractivity contribution >= 4 is 0 Å². The molecule has 1 rings (SSSR count). The van der Waals surface area contributed by atoms with Gasteiger partial charge in [-0.05, 0) is 32.1 Å². The molecule has 0 unspecified atom stereocenters. The van der Waals surface area contributed by atoms with Crippen molar-refractivity contribution in [3.05, 3.63) is 18.2 Å². The van der Waals surface area contributed by atoms with Crippen molar-refractivity contribution in [3.63, 3.8) is 0 Å². The lowest BCUT2D eigenvalue weighted by atomic mass is 10.0. The molecular formula is C50H99N2+. The number of aromatic nitrogens is 2. The molecule has 0 fully saturated rings. The van der Waals surface area contributed by atoms with Crippen LogP contribution in [-0.4, -0.2) is 4.57 Å². The minimum absolute atomic E-state index is 1.23. The van der Waals surface area contributed by atoms with Crippen LogP contribution in [0.5, 0.6) is 0 Å². The van der Waals surface area contributed by atoms with Crippen LogP contribution in [0.3, 0.4) is 0 Å². The number of hydrogen-bond acceptors (Lipinski definition) is 0. The smallest absolute Gasteiger partial charge is 0.234 e. The molecule has 0 aliphatic heterocycles. The third-order valence-corrected chi connectivity index (χ3v) is 12.1. The average molecular weight is 728 g/mol. The van der Waals surface area contributed by atoms with Crippen LogP contribution in [0.4, 0.5) is 0 Å². The maximum Gasteiger partial charge on any atom is 0.256 e. The van der Waals surface area contributed by atoms with Gasteiger partial charge in [0.25, 0.3) is 5.82 Å². The normalized spacial score (nSPS) is 11.7. The Kier molecular flexibility index (Phi) is 39.2. The summed E-state index contributed by atoms with van der Waals surface area (Å²) in [5.74, 6) is 1.63. The van der Waals surface area contributed by atoms with Gasteiger partial charge in [-0.15, -0.1) is 0 Å². The molecule has 308 valence electrons. The Bertz CT molecular complexity index is 796. The van der Waals surface area contributed by atoms with Crippen LogP contribution in [-0.2, 0) is 19.5 Å². The fraction of sp³-hybridized carbons (Fsp3) is 0.940. The zero-order chi connectivity index (χ0) is 37.3. The number of rotatable bonds is 44. The Hall–Kier alpha value is -0.790. The van der Waals surface area contributed by atoms with E-state index >= 15 is 0 Å². The number of unbranched alkanes of at least 4 members (excludes halogenated alkanes) is 38. The molecule has 0 saturated carbocycles. The molecule has 0 radical (unpaired) electrons. The second-order valence-electron chi connectivity index (χ2n) is 17.3. The predicted molar refractivity (Wildman–Crippen MR) is 235 cm³/mol. The molecule has 1 aromatic rings. The first-order valence-corrected chi connectivity index (χ1v) is 24.9. The van der Waals surface area contributed by atoms with E-state index in [1.165, 1.54) is 283 Å². The summed E-state index contributed by atoms with van der Waals surface area (Å²) in [6, 6.07) is 0. The molecule has 0 aliphatic rings. The maximum absolute atomic E-state index is 2.66. The minimum atomic E-state index is 1.23. The molecule has 0 aromatic carbocycles. The molecule has 0 bridgehead atoms. The van der Waals surface area contributed by atoms with Gasteiger partial charge in [0, 0.05) is 6.42 Å². The van der Waals surface area contributed by atoms with Gasteiger partial charge < -0.3 is 0 Å². The van der Waals surface area contributed by atoms with E-state index in [-0.39, 0.29) is 0 Å². The zero-order valence-electron chi connectivity index (χ0n) is 36.7. The van der Waals surface area contributed by atoms with Crippen molar-refractivity contribution in [1.82, 2.24) is 4.57 Å². The first-order valence-electron chi connectivity index (χ1n) is 24.9. The number of imidazole rings is 1. The van der Waals surface area contributed by atoms with Crippen molar-refractivity contribution in [1.29, 1.82) is 0 Å². The van der Waals surface area contributed by atoms with E-state index in [9.17, 15) is 0 Å². The Morgan fingerprint density at radius 1 is 0.327 bits per heavy atom. The van der Waals surface area contributed by atoms with Gasteiger partial charge in [0.05, 0.1) is 13.1 Å². The average Bonchev–Trinajstić information content (AvgIpc) is 3.54. The van der Waals surface area contributed by atoms with Crippen LogP contribution >= 0.6 is 0 Å². The van der Waals surface area contributed by atoms with E-state index in [0.717, 1.165) is 0 Å². The van der Waals surface area contributed by atoms with Crippen molar-refractivity contribution in [2.45, 2.75) is 304 Å². The third-order valence-electron chi connectivity index (χ3n) is 12.1. The Balaban J connectivity index is 2.26. The highest BCUT2D eigenvalue weighted by Gasteiger charge is 2.16. The van der Waals surface area contributed by atoms with Gasteiger partial charge in [0.1, 0.15) is 12.4 Å². The third kappa shape index (κ3) is 32.6. The summed E-state index contributed by atoms with van der Waals surface area (Å²) in [6.07, 6.45) is 65.3. The van der Waals surface area contributed by atoms with Crippen LogP contribution in [0.15, 0.2) is 12.4 Å². The van der Waals surface area contributed by atoms with Crippen LogP contribution in [0.2, 0.25) is 0 Å². The summed E-state index contributed by atoms with van der Waals surface area (Å²) in [4.78, 5) is 0. The van der Waals surface area contributed by atoms with Crippen LogP contribution < -0.4 is 4.57 Å². The number of nitrogens with zero attached hydrogens (tertiary/aromatic N) is 2. The SMILES string of the molecule is CCCCCCCCCCCCCCCCCc1n(CCCCCCCCCCCCCC)cc[n+]1CCCCCCCCCCCCCCCC. The summed E-state index contributed by atoms with van der Waals surface area (Å²) in [6.45, 7) is 9.42. The summed E-state index contributed by atoms with van der Waals surface area (Å²) in [5.41, 5.74) is 0. The molecule has 2 nitrogen and oxygen atoms in total. The lowest BCUT2D eigenvalue weighted by molar-refractivity contribution is -0.704. The van der Waals surface area contributed by atoms with Gasteiger partial charge in [-0.2, -0.15) is 0 Å². The Labute approximate surface area is 329 Å². The first kappa shape index (κ1) is 49.2. The van der Waals surface area contributed by atoms with Crippen LogP contribution in [0.25, 0.3) is 0 Å². The van der Waals surface area contributed by atoms with Crippen molar-refractivity contribution in [2.24, 2.45) is 0 Å². The molecule has 52 heavy (non-hydrogen) atoms. The second kappa shape index (κ2) is 41.4. The molecule has 0 N–H and O–H groups in total. The second-order valence-corrected chi connectivity index (χ2v) is 17.3. The highest BCUT2D eigenvalue weighted by molar-refractivity contribution is 4.84. The standard InChI is InChI=1S/C50H99N2/c1-4-7-10-13-16-19-22-25-27-28-30-33-36-39-42-45-50-51(46-43-40-37-34-31-24-21-18-15-12-9-6-3)48-49-52(50)47-44-41-38-35-32-29-26-23-20-17-14-11-8-5-2/h48-49H,4-47H2,1-3H3/q+1. The molecule has 1 aromatic heterocycles. The van der Waals surface area contributed by atoms with Gasteiger partial charge >= 0.3 is 0 Å². The molecule has 0 amide bonds. The largest absolute Gasteiger partial charge is 0.256 e. The topological polar surface area (TPSA) is 8.81 Å².